The largest absolute Gasteiger partial charge is 0.507 e. The number of nitrogens with one attached hydrogen (secondary N) is 3. The lowest BCUT2D eigenvalue weighted by atomic mass is 9.90. The third kappa shape index (κ3) is 6.13. The van der Waals surface area contributed by atoms with Crippen LogP contribution in [0, 0.1) is 5.82 Å². The van der Waals surface area contributed by atoms with E-state index in [1.807, 2.05) is 30.3 Å². The number of anilines is 2. The molecule has 2 unspecified atom stereocenters. The number of hydrogen-bond acceptors (Lipinski definition) is 6. The standard InChI is InChI=1S/C35H32FN5O4/c1-41-18-16-27-30(35(41)45)32(39-24-7-3-2-4-8-24)31(40-27)22-15-17-37-28(19-22)33(43)26(21-11-13-23(36)14-12-21)20-38-34(44)25-9-5-6-10-29(25)42/h2-15,17,19,26,33,39-40,42-43H,16,18,20H2,1H3,(H,38,44). The topological polar surface area (TPSA) is 131 Å². The van der Waals surface area contributed by atoms with Gasteiger partial charge in [0.1, 0.15) is 17.7 Å². The van der Waals surface area contributed by atoms with Gasteiger partial charge in [-0.3, -0.25) is 14.6 Å². The third-order valence-corrected chi connectivity index (χ3v) is 8.06. The first-order valence-corrected chi connectivity index (χ1v) is 14.6. The Bertz CT molecular complexity index is 1840. The van der Waals surface area contributed by atoms with Gasteiger partial charge in [0.2, 0.25) is 0 Å². The fourth-order valence-electron chi connectivity index (χ4n) is 5.61. The molecule has 0 bridgehead atoms. The number of aromatic amines is 1. The first-order valence-electron chi connectivity index (χ1n) is 14.6. The number of phenols is 1. The van der Waals surface area contributed by atoms with E-state index < -0.39 is 23.7 Å². The zero-order chi connectivity index (χ0) is 31.5. The number of aromatic nitrogens is 2. The van der Waals surface area contributed by atoms with Crippen LogP contribution in [0.25, 0.3) is 11.3 Å². The zero-order valence-corrected chi connectivity index (χ0v) is 24.5. The van der Waals surface area contributed by atoms with Gasteiger partial charge in [-0.2, -0.15) is 0 Å². The van der Waals surface area contributed by atoms with Gasteiger partial charge in [0, 0.05) is 55.6 Å². The number of rotatable bonds is 9. The van der Waals surface area contributed by atoms with Crippen LogP contribution in [0.2, 0.25) is 0 Å². The van der Waals surface area contributed by atoms with E-state index in [1.165, 1.54) is 24.3 Å². The van der Waals surface area contributed by atoms with E-state index >= 15 is 0 Å². The van der Waals surface area contributed by atoms with Crippen molar-refractivity contribution in [3.8, 4) is 17.0 Å². The number of hydrogen-bond donors (Lipinski definition) is 5. The molecule has 228 valence electrons. The molecule has 1 aliphatic heterocycles. The van der Waals surface area contributed by atoms with E-state index in [0.29, 0.717) is 46.7 Å². The van der Waals surface area contributed by atoms with Crippen LogP contribution in [0.1, 0.15) is 49.7 Å². The predicted octanol–water partition coefficient (Wildman–Crippen LogP) is 5.54. The highest BCUT2D eigenvalue weighted by Crippen LogP contribution is 2.39. The van der Waals surface area contributed by atoms with Crippen LogP contribution >= 0.6 is 0 Å². The summed E-state index contributed by atoms with van der Waals surface area (Å²) < 4.78 is 13.8. The second-order valence-electron chi connectivity index (χ2n) is 11.0. The molecule has 3 heterocycles. The van der Waals surface area contributed by atoms with Crippen molar-refractivity contribution < 1.29 is 24.2 Å². The van der Waals surface area contributed by atoms with Crippen LogP contribution in [0.15, 0.2) is 97.2 Å². The number of nitrogens with zero attached hydrogens (tertiary/aromatic N) is 2. The number of fused-ring (bicyclic) bond motifs is 1. The molecule has 3 aromatic carbocycles. The normalized spacial score (nSPS) is 14.0. The molecular formula is C35H32FN5O4. The number of H-pyrrole nitrogens is 1. The molecule has 0 spiro atoms. The van der Waals surface area contributed by atoms with E-state index in [4.69, 9.17) is 0 Å². The molecule has 2 atom stereocenters. The minimum Gasteiger partial charge on any atom is -0.507 e. The van der Waals surface area contributed by atoms with Gasteiger partial charge in [-0.25, -0.2) is 4.39 Å². The Hall–Kier alpha value is -5.48. The van der Waals surface area contributed by atoms with Gasteiger partial charge < -0.3 is 30.7 Å². The number of aromatic hydroxyl groups is 1. The second kappa shape index (κ2) is 12.6. The molecule has 0 aliphatic carbocycles. The van der Waals surface area contributed by atoms with Crippen molar-refractivity contribution in [3.63, 3.8) is 0 Å². The van der Waals surface area contributed by atoms with Crippen LogP contribution in [0.5, 0.6) is 5.75 Å². The summed E-state index contributed by atoms with van der Waals surface area (Å²) in [4.78, 5) is 35.8. The zero-order valence-electron chi connectivity index (χ0n) is 24.5. The molecule has 9 nitrogen and oxygen atoms in total. The van der Waals surface area contributed by atoms with E-state index in [1.54, 1.807) is 54.5 Å². The number of likely N-dealkylation sites (N-methyl/N-ethyl adjacent to an activating group) is 1. The van der Waals surface area contributed by atoms with Crippen molar-refractivity contribution in [1.82, 2.24) is 20.2 Å². The summed E-state index contributed by atoms with van der Waals surface area (Å²) in [6.45, 7) is 0.563. The number of halogens is 1. The molecule has 2 amide bonds. The first kappa shape index (κ1) is 29.6. The van der Waals surface area contributed by atoms with Crippen molar-refractivity contribution in [2.45, 2.75) is 18.4 Å². The summed E-state index contributed by atoms with van der Waals surface area (Å²) >= 11 is 0. The van der Waals surface area contributed by atoms with E-state index in [0.717, 1.165) is 11.4 Å². The van der Waals surface area contributed by atoms with E-state index in [9.17, 15) is 24.2 Å². The van der Waals surface area contributed by atoms with Crippen molar-refractivity contribution in [1.29, 1.82) is 0 Å². The molecule has 0 radical (unpaired) electrons. The summed E-state index contributed by atoms with van der Waals surface area (Å²) in [6, 6.07) is 25.0. The maximum Gasteiger partial charge on any atom is 0.257 e. The van der Waals surface area contributed by atoms with Gasteiger partial charge in [-0.05, 0) is 54.1 Å². The Balaban J connectivity index is 1.35. The van der Waals surface area contributed by atoms with Gasteiger partial charge in [-0.15, -0.1) is 0 Å². The Morgan fingerprint density at radius 1 is 1.04 bits per heavy atom. The van der Waals surface area contributed by atoms with Crippen molar-refractivity contribution in [2.24, 2.45) is 0 Å². The molecule has 6 rings (SSSR count). The van der Waals surface area contributed by atoms with Crippen molar-refractivity contribution in [3.05, 3.63) is 131 Å². The summed E-state index contributed by atoms with van der Waals surface area (Å²) in [6.07, 6.45) is 1.03. The molecule has 10 heteroatoms. The Labute approximate surface area is 259 Å². The lowest BCUT2D eigenvalue weighted by Gasteiger charge is -2.24. The molecule has 45 heavy (non-hydrogen) atoms. The highest BCUT2D eigenvalue weighted by molar-refractivity contribution is 6.06. The Kier molecular flexibility index (Phi) is 8.30. The number of carbonyl (C=O) groups is 2. The molecule has 0 saturated heterocycles. The van der Waals surface area contributed by atoms with Crippen LogP contribution in [-0.4, -0.2) is 57.0 Å². The highest BCUT2D eigenvalue weighted by Gasteiger charge is 2.31. The predicted molar refractivity (Wildman–Crippen MR) is 169 cm³/mol. The number of aliphatic hydroxyl groups is 1. The average molecular weight is 606 g/mol. The minimum absolute atomic E-state index is 0.0235. The number of benzene rings is 3. The van der Waals surface area contributed by atoms with E-state index in [2.05, 4.69) is 20.6 Å². The quantitative estimate of drug-likeness (QED) is 0.150. The average Bonchev–Trinajstić information content (AvgIpc) is 3.43. The number of pyridine rings is 1. The van der Waals surface area contributed by atoms with Crippen LogP contribution in [-0.2, 0) is 6.42 Å². The smallest absolute Gasteiger partial charge is 0.257 e. The third-order valence-electron chi connectivity index (χ3n) is 8.06. The fraction of sp³-hybridized carbons (Fsp3) is 0.171. The summed E-state index contributed by atoms with van der Waals surface area (Å²) in [5.74, 6) is -1.92. The maximum absolute atomic E-state index is 13.8. The number of phenolic OH excluding ortho intramolecular Hbond substituents is 1. The lowest BCUT2D eigenvalue weighted by molar-refractivity contribution is 0.0781. The Morgan fingerprint density at radius 2 is 1.78 bits per heavy atom. The molecule has 5 N–H and O–H groups in total. The lowest BCUT2D eigenvalue weighted by Crippen LogP contribution is -2.34. The SMILES string of the molecule is CN1CCc2[nH]c(-c3ccnc(C(O)C(CNC(=O)c4ccccc4O)c4ccc(F)cc4)c3)c(Nc3ccccc3)c2C1=O. The number of para-hydroxylation sites is 2. The number of amides is 2. The van der Waals surface area contributed by atoms with Crippen molar-refractivity contribution >= 4 is 23.2 Å². The van der Waals surface area contributed by atoms with Crippen LogP contribution in [0.4, 0.5) is 15.8 Å². The molecule has 0 saturated carbocycles. The number of carbonyl (C=O) groups excluding carboxylic acids is 2. The summed E-state index contributed by atoms with van der Waals surface area (Å²) in [5, 5.41) is 28.1. The Morgan fingerprint density at radius 3 is 2.53 bits per heavy atom. The molecule has 5 aromatic rings. The minimum atomic E-state index is -1.21. The maximum atomic E-state index is 13.8. The van der Waals surface area contributed by atoms with Gasteiger partial charge >= 0.3 is 0 Å². The van der Waals surface area contributed by atoms with Crippen molar-refractivity contribution in [2.75, 3.05) is 25.5 Å². The van der Waals surface area contributed by atoms with Gasteiger partial charge in [0.25, 0.3) is 11.8 Å². The highest BCUT2D eigenvalue weighted by atomic mass is 19.1. The molecule has 2 aromatic heterocycles. The first-order chi connectivity index (χ1) is 21.8. The van der Waals surface area contributed by atoms with Gasteiger partial charge in [-0.1, -0.05) is 42.5 Å². The van der Waals surface area contributed by atoms with Gasteiger partial charge in [0.05, 0.1) is 28.2 Å². The molecule has 1 aliphatic rings. The fourth-order valence-corrected chi connectivity index (χ4v) is 5.61. The van der Waals surface area contributed by atoms with E-state index in [-0.39, 0.29) is 23.8 Å². The molecule has 0 fully saturated rings. The van der Waals surface area contributed by atoms with Crippen LogP contribution < -0.4 is 10.6 Å². The van der Waals surface area contributed by atoms with Gasteiger partial charge in [0.15, 0.2) is 0 Å². The van der Waals surface area contributed by atoms with Crippen LogP contribution in [0.3, 0.4) is 0 Å². The molecular weight excluding hydrogens is 573 g/mol. The summed E-state index contributed by atoms with van der Waals surface area (Å²) in [7, 11) is 1.78. The second-order valence-corrected chi connectivity index (χ2v) is 11.0. The monoisotopic (exact) mass is 605 g/mol. The number of aliphatic hydroxyl groups excluding tert-OH is 1. The summed E-state index contributed by atoms with van der Waals surface area (Å²) in [5.41, 5.74) is 5.20.